The zero-order valence-corrected chi connectivity index (χ0v) is 20.5. The van der Waals surface area contributed by atoms with Crippen molar-refractivity contribution in [1.29, 1.82) is 0 Å². The van der Waals surface area contributed by atoms with Crippen molar-refractivity contribution in [1.82, 2.24) is 34.1 Å². The lowest BCUT2D eigenvalue weighted by atomic mass is 10.2. The normalized spacial score (nSPS) is 12.1. The number of hydrogen-bond acceptors (Lipinski definition) is 9. The summed E-state index contributed by atoms with van der Waals surface area (Å²) in [4.78, 5) is 34.0. The van der Waals surface area contributed by atoms with Gasteiger partial charge in [-0.25, -0.2) is 9.97 Å². The number of aryl methyl sites for hydroxylation is 2. The Morgan fingerprint density at radius 2 is 1.92 bits per heavy atom. The number of pyridine rings is 3. The van der Waals surface area contributed by atoms with Gasteiger partial charge in [0.25, 0.3) is 5.56 Å². The molecule has 14 heteroatoms. The van der Waals surface area contributed by atoms with Crippen molar-refractivity contribution in [3.05, 3.63) is 95.0 Å². The third kappa shape index (κ3) is 4.86. The Hall–Kier alpha value is -5.27. The standard InChI is InChI=1S/C25H20F3N9O2/c1-14-20(39-19(9-29)18-11-31-6-7-32-18)12-33-22-21(14)36(2)24(35-22)34-17-8-15(25(26,27)28)13-37(23(17)38)16-4-3-5-30-10-16/h3-13H,29H2,1-2H3,(H,33,34,35)/b19-9+. The van der Waals surface area contributed by atoms with Crippen molar-refractivity contribution in [3.8, 4) is 11.4 Å². The molecule has 198 valence electrons. The van der Waals surface area contributed by atoms with Gasteiger partial charge >= 0.3 is 6.18 Å². The van der Waals surface area contributed by atoms with Gasteiger partial charge in [-0.05, 0) is 25.1 Å². The van der Waals surface area contributed by atoms with Crippen LogP contribution in [0, 0.1) is 6.92 Å². The molecular weight excluding hydrogens is 515 g/mol. The fraction of sp³-hybridized carbons (Fsp3) is 0.120. The number of nitrogens with one attached hydrogen (secondary N) is 1. The van der Waals surface area contributed by atoms with Crippen LogP contribution in [-0.2, 0) is 13.2 Å². The van der Waals surface area contributed by atoms with Crippen LogP contribution in [0.25, 0.3) is 22.6 Å². The number of halogens is 3. The predicted molar refractivity (Wildman–Crippen MR) is 136 cm³/mol. The highest BCUT2D eigenvalue weighted by Gasteiger charge is 2.32. The first-order chi connectivity index (χ1) is 18.7. The topological polar surface area (TPSA) is 139 Å². The minimum absolute atomic E-state index is 0.0930. The molecule has 0 amide bonds. The SMILES string of the molecule is Cc1c(O/C(=C/N)c2cnccn2)cnc2nc(Nc3cc(C(F)(F)F)cn(-c4cccnc4)c3=O)n(C)c12. The molecule has 5 heterocycles. The van der Waals surface area contributed by atoms with E-state index in [1.165, 1.54) is 55.5 Å². The summed E-state index contributed by atoms with van der Waals surface area (Å²) in [6, 6.07) is 3.74. The monoisotopic (exact) mass is 535 g/mol. The van der Waals surface area contributed by atoms with Crippen LogP contribution in [0.1, 0.15) is 16.8 Å². The molecule has 0 aliphatic rings. The first kappa shape index (κ1) is 25.4. The molecule has 0 aliphatic heterocycles. The maximum Gasteiger partial charge on any atom is 0.417 e. The van der Waals surface area contributed by atoms with E-state index in [9.17, 15) is 18.0 Å². The fourth-order valence-electron chi connectivity index (χ4n) is 3.89. The highest BCUT2D eigenvalue weighted by molar-refractivity contribution is 5.81. The molecule has 11 nitrogen and oxygen atoms in total. The third-order valence-corrected chi connectivity index (χ3v) is 5.81. The highest BCUT2D eigenvalue weighted by Crippen LogP contribution is 2.33. The molecule has 5 aromatic rings. The summed E-state index contributed by atoms with van der Waals surface area (Å²) in [6.45, 7) is 1.76. The number of rotatable bonds is 6. The van der Waals surface area contributed by atoms with Gasteiger partial charge in [0, 0.05) is 43.6 Å². The van der Waals surface area contributed by atoms with Gasteiger partial charge in [-0.2, -0.15) is 18.2 Å². The van der Waals surface area contributed by atoms with Crippen LogP contribution in [-0.4, -0.2) is 34.1 Å². The Kier molecular flexibility index (Phi) is 6.44. The van der Waals surface area contributed by atoms with Crippen molar-refractivity contribution in [3.63, 3.8) is 0 Å². The summed E-state index contributed by atoms with van der Waals surface area (Å²) in [5.41, 5.74) is 5.63. The molecular formula is C25H20F3N9O2. The van der Waals surface area contributed by atoms with E-state index in [0.717, 1.165) is 16.8 Å². The van der Waals surface area contributed by atoms with Crippen molar-refractivity contribution in [2.75, 3.05) is 5.32 Å². The number of aromatic nitrogens is 7. The largest absolute Gasteiger partial charge is 0.452 e. The number of imidazole rings is 1. The number of alkyl halides is 3. The number of ether oxygens (including phenoxy) is 1. The molecule has 0 saturated carbocycles. The van der Waals surface area contributed by atoms with Crippen LogP contribution in [0.5, 0.6) is 5.75 Å². The lowest BCUT2D eigenvalue weighted by molar-refractivity contribution is -0.137. The summed E-state index contributed by atoms with van der Waals surface area (Å²) >= 11 is 0. The number of hydrogen-bond donors (Lipinski definition) is 2. The smallest absolute Gasteiger partial charge is 0.417 e. The summed E-state index contributed by atoms with van der Waals surface area (Å²) in [5, 5.41) is 2.74. The first-order valence-electron chi connectivity index (χ1n) is 11.4. The van der Waals surface area contributed by atoms with E-state index in [4.69, 9.17) is 10.5 Å². The molecule has 0 bridgehead atoms. The van der Waals surface area contributed by atoms with Crippen molar-refractivity contribution >= 4 is 28.6 Å². The molecule has 5 rings (SSSR count). The van der Waals surface area contributed by atoms with Crippen molar-refractivity contribution in [2.45, 2.75) is 13.1 Å². The Labute approximate surface area is 218 Å². The van der Waals surface area contributed by atoms with Gasteiger partial charge in [0.15, 0.2) is 17.2 Å². The number of anilines is 2. The van der Waals surface area contributed by atoms with Gasteiger partial charge in [-0.15, -0.1) is 0 Å². The second-order valence-corrected chi connectivity index (χ2v) is 8.29. The number of nitrogens with zero attached hydrogens (tertiary/aromatic N) is 7. The van der Waals surface area contributed by atoms with E-state index < -0.39 is 17.3 Å². The second kappa shape index (κ2) is 9.89. The molecule has 0 saturated heterocycles. The predicted octanol–water partition coefficient (Wildman–Crippen LogP) is 3.71. The maximum atomic E-state index is 13.7. The van der Waals surface area contributed by atoms with E-state index >= 15 is 0 Å². The molecule has 39 heavy (non-hydrogen) atoms. The highest BCUT2D eigenvalue weighted by atomic mass is 19.4. The molecule has 0 atom stereocenters. The molecule has 3 N–H and O–H groups in total. The molecule has 0 spiro atoms. The van der Waals surface area contributed by atoms with Crippen molar-refractivity contribution < 1.29 is 17.9 Å². The second-order valence-electron chi connectivity index (χ2n) is 8.29. The Bertz CT molecular complexity index is 1750. The zero-order chi connectivity index (χ0) is 27.7. The van der Waals surface area contributed by atoms with Crippen LogP contribution in [0.15, 0.2) is 72.6 Å². The van der Waals surface area contributed by atoms with Crippen LogP contribution in [0.4, 0.5) is 24.8 Å². The zero-order valence-electron chi connectivity index (χ0n) is 20.5. The third-order valence-electron chi connectivity index (χ3n) is 5.81. The van der Waals surface area contributed by atoms with E-state index in [2.05, 4.69) is 30.2 Å². The maximum absolute atomic E-state index is 13.7. The fourth-order valence-corrected chi connectivity index (χ4v) is 3.89. The molecule has 5 aromatic heterocycles. The minimum Gasteiger partial charge on any atom is -0.452 e. The Morgan fingerprint density at radius 3 is 2.59 bits per heavy atom. The summed E-state index contributed by atoms with van der Waals surface area (Å²) < 4.78 is 49.5. The van der Waals surface area contributed by atoms with E-state index in [1.54, 1.807) is 18.5 Å². The number of fused-ring (bicyclic) bond motifs is 1. The van der Waals surface area contributed by atoms with Crippen LogP contribution in [0.3, 0.4) is 0 Å². The van der Waals surface area contributed by atoms with Gasteiger partial charge in [-0.3, -0.25) is 19.3 Å². The van der Waals surface area contributed by atoms with Gasteiger partial charge in [0.05, 0.1) is 35.4 Å². The first-order valence-corrected chi connectivity index (χ1v) is 11.4. The summed E-state index contributed by atoms with van der Waals surface area (Å²) in [7, 11) is 1.63. The van der Waals surface area contributed by atoms with E-state index in [0.29, 0.717) is 22.5 Å². The molecule has 0 radical (unpaired) electrons. The van der Waals surface area contributed by atoms with Crippen LogP contribution in [0.2, 0.25) is 0 Å². The van der Waals surface area contributed by atoms with E-state index in [1.807, 2.05) is 0 Å². The summed E-state index contributed by atoms with van der Waals surface area (Å²) in [6.07, 6.45) is 5.94. The number of nitrogens with two attached hydrogens (primary N) is 1. The van der Waals surface area contributed by atoms with Gasteiger partial charge in [0.1, 0.15) is 11.4 Å². The minimum atomic E-state index is -4.71. The average Bonchev–Trinajstić information content (AvgIpc) is 3.25. The van der Waals surface area contributed by atoms with Crippen LogP contribution >= 0.6 is 0 Å². The average molecular weight is 535 g/mol. The van der Waals surface area contributed by atoms with Crippen molar-refractivity contribution in [2.24, 2.45) is 12.8 Å². The Morgan fingerprint density at radius 1 is 1.13 bits per heavy atom. The van der Waals surface area contributed by atoms with Gasteiger partial charge in [-0.1, -0.05) is 0 Å². The van der Waals surface area contributed by atoms with E-state index in [-0.39, 0.29) is 28.7 Å². The van der Waals surface area contributed by atoms with Crippen LogP contribution < -0.4 is 21.3 Å². The molecule has 0 aromatic carbocycles. The van der Waals surface area contributed by atoms with Gasteiger partial charge < -0.3 is 20.4 Å². The molecule has 0 fully saturated rings. The molecule has 0 unspecified atom stereocenters. The van der Waals surface area contributed by atoms with Gasteiger partial charge in [0.2, 0.25) is 5.95 Å². The molecule has 0 aliphatic carbocycles. The lowest BCUT2D eigenvalue weighted by Crippen LogP contribution is -2.24. The quantitative estimate of drug-likeness (QED) is 0.312. The summed E-state index contributed by atoms with van der Waals surface area (Å²) in [5.74, 6) is 0.681. The lowest BCUT2D eigenvalue weighted by Gasteiger charge is -2.15. The Balaban J connectivity index is 1.56.